The highest BCUT2D eigenvalue weighted by molar-refractivity contribution is 5.29. The molecule has 0 radical (unpaired) electrons. The van der Waals surface area contributed by atoms with E-state index < -0.39 is 0 Å². The minimum atomic E-state index is 0.296. The lowest BCUT2D eigenvalue weighted by Gasteiger charge is -2.19. The van der Waals surface area contributed by atoms with E-state index in [2.05, 4.69) is 44.5 Å². The topological polar surface area (TPSA) is 4.93 Å². The lowest BCUT2D eigenvalue weighted by atomic mass is 9.87. The molecule has 1 saturated carbocycles. The lowest BCUT2D eigenvalue weighted by molar-refractivity contribution is 0.579. The molecule has 2 rings (SSSR count). The van der Waals surface area contributed by atoms with Gasteiger partial charge < -0.3 is 4.57 Å². The third-order valence-electron chi connectivity index (χ3n) is 2.93. The Balaban J connectivity index is 2.38. The van der Waals surface area contributed by atoms with Gasteiger partial charge in [-0.05, 0) is 36.8 Å². The third-order valence-corrected chi connectivity index (χ3v) is 2.93. The molecule has 1 aliphatic carbocycles. The first-order valence-electron chi connectivity index (χ1n) is 5.18. The number of hydrogen-bond acceptors (Lipinski definition) is 0. The molecular weight excluding hydrogens is 158 g/mol. The highest BCUT2D eigenvalue weighted by atomic mass is 15.0. The Kier molecular flexibility index (Phi) is 1.79. The Morgan fingerprint density at radius 3 is 2.31 bits per heavy atom. The van der Waals surface area contributed by atoms with E-state index in [1.807, 2.05) is 0 Å². The minimum absolute atomic E-state index is 0.296. The Labute approximate surface area is 80.8 Å². The summed E-state index contributed by atoms with van der Waals surface area (Å²) in [5.41, 5.74) is 3.26. The molecule has 1 nitrogen and oxygen atoms in total. The van der Waals surface area contributed by atoms with Gasteiger partial charge in [-0.15, -0.1) is 0 Å². The zero-order valence-electron chi connectivity index (χ0n) is 9.09. The number of rotatable bonds is 1. The van der Waals surface area contributed by atoms with Gasteiger partial charge in [0.15, 0.2) is 0 Å². The van der Waals surface area contributed by atoms with Crippen molar-refractivity contribution in [1.82, 2.24) is 4.57 Å². The smallest absolute Gasteiger partial charge is 0.0334 e. The quantitative estimate of drug-likeness (QED) is 0.619. The molecule has 1 heteroatoms. The van der Waals surface area contributed by atoms with Gasteiger partial charge in [0.05, 0.1) is 0 Å². The summed E-state index contributed by atoms with van der Waals surface area (Å²) in [4.78, 5) is 0. The molecule has 0 aromatic carbocycles. The van der Waals surface area contributed by atoms with Crippen LogP contribution in [-0.4, -0.2) is 4.57 Å². The van der Waals surface area contributed by atoms with Gasteiger partial charge in [0.25, 0.3) is 0 Å². The van der Waals surface area contributed by atoms with Crippen molar-refractivity contribution in [3.8, 4) is 0 Å². The molecule has 1 aliphatic rings. The van der Waals surface area contributed by atoms with Crippen LogP contribution >= 0.6 is 0 Å². The van der Waals surface area contributed by atoms with Crippen LogP contribution in [0.1, 0.15) is 50.9 Å². The lowest BCUT2D eigenvalue weighted by Crippen LogP contribution is -2.12. The van der Waals surface area contributed by atoms with Crippen LogP contribution in [0.4, 0.5) is 0 Å². The molecule has 1 aromatic rings. The van der Waals surface area contributed by atoms with Crippen LogP contribution in [-0.2, 0) is 5.41 Å². The molecule has 1 fully saturated rings. The van der Waals surface area contributed by atoms with E-state index in [0.29, 0.717) is 5.41 Å². The average Bonchev–Trinajstić information content (AvgIpc) is 2.73. The molecule has 1 aromatic heterocycles. The summed E-state index contributed by atoms with van der Waals surface area (Å²) in [5.74, 6) is 0. The van der Waals surface area contributed by atoms with E-state index >= 15 is 0 Å². The maximum absolute atomic E-state index is 2.45. The second kappa shape index (κ2) is 2.63. The summed E-state index contributed by atoms with van der Waals surface area (Å²) < 4.78 is 2.45. The molecule has 72 valence electrons. The summed E-state index contributed by atoms with van der Waals surface area (Å²) in [6, 6.07) is 3.10. The molecular formula is C12H19N. The predicted octanol–water partition coefficient (Wildman–Crippen LogP) is 3.43. The van der Waals surface area contributed by atoms with Crippen molar-refractivity contribution >= 4 is 0 Å². The number of nitrogens with zero attached hydrogens (tertiary/aromatic N) is 1. The van der Waals surface area contributed by atoms with Crippen molar-refractivity contribution in [3.05, 3.63) is 23.5 Å². The first-order valence-corrected chi connectivity index (χ1v) is 5.18. The normalized spacial score (nSPS) is 17.8. The van der Waals surface area contributed by atoms with Gasteiger partial charge in [-0.2, -0.15) is 0 Å². The first kappa shape index (κ1) is 8.86. The Morgan fingerprint density at radius 2 is 1.92 bits per heavy atom. The largest absolute Gasteiger partial charge is 0.348 e. The second-order valence-corrected chi connectivity index (χ2v) is 5.20. The molecule has 0 atom stereocenters. The van der Waals surface area contributed by atoms with Crippen LogP contribution in [0.25, 0.3) is 0 Å². The zero-order valence-corrected chi connectivity index (χ0v) is 9.09. The van der Waals surface area contributed by atoms with E-state index in [4.69, 9.17) is 0 Å². The van der Waals surface area contributed by atoms with E-state index in [1.165, 1.54) is 24.1 Å². The monoisotopic (exact) mass is 177 g/mol. The van der Waals surface area contributed by atoms with Gasteiger partial charge in [-0.25, -0.2) is 0 Å². The molecule has 0 spiro atoms. The Hall–Kier alpha value is -0.720. The van der Waals surface area contributed by atoms with Crippen LogP contribution < -0.4 is 0 Å². The average molecular weight is 177 g/mol. The fourth-order valence-electron chi connectivity index (χ4n) is 2.07. The minimum Gasteiger partial charge on any atom is -0.348 e. The van der Waals surface area contributed by atoms with Crippen LogP contribution in [0.5, 0.6) is 0 Å². The molecule has 0 aliphatic heterocycles. The van der Waals surface area contributed by atoms with E-state index in [0.717, 1.165) is 6.04 Å². The van der Waals surface area contributed by atoms with Gasteiger partial charge in [-0.3, -0.25) is 0 Å². The van der Waals surface area contributed by atoms with E-state index in [1.54, 1.807) is 0 Å². The number of aromatic nitrogens is 1. The van der Waals surface area contributed by atoms with Crippen LogP contribution in [0.2, 0.25) is 0 Å². The van der Waals surface area contributed by atoms with Gasteiger partial charge in [0.2, 0.25) is 0 Å². The maximum atomic E-state index is 2.45. The highest BCUT2D eigenvalue weighted by Gasteiger charge is 2.27. The molecule has 0 N–H and O–H groups in total. The van der Waals surface area contributed by atoms with Crippen molar-refractivity contribution in [2.75, 3.05) is 0 Å². The van der Waals surface area contributed by atoms with Crippen molar-refractivity contribution in [1.29, 1.82) is 0 Å². The van der Waals surface area contributed by atoms with Gasteiger partial charge >= 0.3 is 0 Å². The SMILES string of the molecule is Cc1c(C(C)(C)C)ccn1C1CC1. The highest BCUT2D eigenvalue weighted by Crippen LogP contribution is 2.38. The van der Waals surface area contributed by atoms with Crippen molar-refractivity contribution in [3.63, 3.8) is 0 Å². The van der Waals surface area contributed by atoms with Crippen molar-refractivity contribution < 1.29 is 0 Å². The maximum Gasteiger partial charge on any atom is 0.0334 e. The zero-order chi connectivity index (χ0) is 9.64. The third kappa shape index (κ3) is 1.52. The summed E-state index contributed by atoms with van der Waals surface area (Å²) in [7, 11) is 0. The summed E-state index contributed by atoms with van der Waals surface area (Å²) >= 11 is 0. The molecule has 1 heterocycles. The van der Waals surface area contributed by atoms with Crippen LogP contribution in [0.15, 0.2) is 12.3 Å². The summed E-state index contributed by atoms with van der Waals surface area (Å²) in [6.45, 7) is 9.10. The van der Waals surface area contributed by atoms with Crippen LogP contribution in [0.3, 0.4) is 0 Å². The first-order chi connectivity index (χ1) is 6.00. The summed E-state index contributed by atoms with van der Waals surface area (Å²) in [5, 5.41) is 0. The Morgan fingerprint density at radius 1 is 1.31 bits per heavy atom. The van der Waals surface area contributed by atoms with E-state index in [9.17, 15) is 0 Å². The van der Waals surface area contributed by atoms with Gasteiger partial charge in [-0.1, -0.05) is 20.8 Å². The Bertz CT molecular complexity index is 310. The molecule has 0 bridgehead atoms. The van der Waals surface area contributed by atoms with Gasteiger partial charge in [0.1, 0.15) is 0 Å². The van der Waals surface area contributed by atoms with Gasteiger partial charge in [0, 0.05) is 17.9 Å². The molecule has 0 amide bonds. The molecule has 0 saturated heterocycles. The van der Waals surface area contributed by atoms with Crippen molar-refractivity contribution in [2.45, 2.75) is 52.0 Å². The number of hydrogen-bond donors (Lipinski definition) is 0. The fraction of sp³-hybridized carbons (Fsp3) is 0.667. The molecule has 0 unspecified atom stereocenters. The predicted molar refractivity (Wildman–Crippen MR) is 56.1 cm³/mol. The standard InChI is InChI=1S/C12H19N/c1-9-11(12(2,3)4)7-8-13(9)10-5-6-10/h7-8,10H,5-6H2,1-4H3. The van der Waals surface area contributed by atoms with Crippen LogP contribution in [0, 0.1) is 6.92 Å². The van der Waals surface area contributed by atoms with E-state index in [-0.39, 0.29) is 0 Å². The second-order valence-electron chi connectivity index (χ2n) is 5.20. The molecule has 13 heavy (non-hydrogen) atoms. The summed E-state index contributed by atoms with van der Waals surface area (Å²) in [6.07, 6.45) is 5.01. The fourth-order valence-corrected chi connectivity index (χ4v) is 2.07. The van der Waals surface area contributed by atoms with Crippen molar-refractivity contribution in [2.24, 2.45) is 0 Å².